The molecule has 0 bridgehead atoms. The van der Waals surface area contributed by atoms with Crippen LogP contribution in [0.15, 0.2) is 146 Å². The summed E-state index contributed by atoms with van der Waals surface area (Å²) in [5.74, 6) is 0. The van der Waals surface area contributed by atoms with E-state index in [9.17, 15) is 0 Å². The van der Waals surface area contributed by atoms with Crippen molar-refractivity contribution >= 4 is 97.5 Å². The summed E-state index contributed by atoms with van der Waals surface area (Å²) in [6.07, 6.45) is 0. The van der Waals surface area contributed by atoms with Crippen molar-refractivity contribution in [1.82, 2.24) is 9.13 Å². The zero-order chi connectivity index (χ0) is 37.8. The predicted octanol–water partition coefficient (Wildman–Crippen LogP) is 15.1. The van der Waals surface area contributed by atoms with Gasteiger partial charge < -0.3 is 9.13 Å². The minimum absolute atomic E-state index is 0.139. The number of hydrogen-bond acceptors (Lipinski definition) is 0. The number of para-hydroxylation sites is 4. The molecule has 2 heteroatoms. The Bertz CT molecular complexity index is 3250. The lowest BCUT2D eigenvalue weighted by molar-refractivity contribution is 0.600. The topological polar surface area (TPSA) is 9.86 Å². The average molecular weight is 719 g/mol. The molecule has 0 atom stereocenters. The Labute approximate surface area is 325 Å². The van der Waals surface area contributed by atoms with Crippen LogP contribution in [0.25, 0.3) is 109 Å². The van der Waals surface area contributed by atoms with Crippen LogP contribution in [-0.4, -0.2) is 9.13 Å². The molecule has 0 saturated heterocycles. The first-order chi connectivity index (χ1) is 27.1. The van der Waals surface area contributed by atoms with Gasteiger partial charge in [-0.05, 0) is 101 Å². The van der Waals surface area contributed by atoms with E-state index in [1.54, 1.807) is 0 Å². The van der Waals surface area contributed by atoms with Gasteiger partial charge in [0, 0.05) is 32.3 Å². The summed E-state index contributed by atoms with van der Waals surface area (Å²) in [7, 11) is 0. The number of rotatable bonds is 2. The van der Waals surface area contributed by atoms with Gasteiger partial charge in [0.25, 0.3) is 0 Å². The summed E-state index contributed by atoms with van der Waals surface area (Å²) >= 11 is 0. The van der Waals surface area contributed by atoms with Crippen LogP contribution in [0.2, 0.25) is 0 Å². The zero-order valence-corrected chi connectivity index (χ0v) is 32.8. The molecule has 12 aromatic rings. The minimum Gasteiger partial charge on any atom is -0.309 e. The van der Waals surface area contributed by atoms with Gasteiger partial charge in [0.1, 0.15) is 0 Å². The monoisotopic (exact) mass is 718 g/mol. The van der Waals surface area contributed by atoms with Gasteiger partial charge in [-0.15, -0.1) is 0 Å². The highest BCUT2D eigenvalue weighted by molar-refractivity contribution is 6.40. The Hall–Kier alpha value is -6.38. The molecule has 0 aliphatic heterocycles. The quantitative estimate of drug-likeness (QED) is 0.124. The molecule has 10 aromatic carbocycles. The highest BCUT2D eigenvalue weighted by atomic mass is 15.0. The zero-order valence-electron chi connectivity index (χ0n) is 32.8. The number of benzene rings is 10. The molecule has 12 rings (SSSR count). The van der Waals surface area contributed by atoms with E-state index in [0.717, 1.165) is 0 Å². The van der Waals surface area contributed by atoms with E-state index < -0.39 is 0 Å². The van der Waals surface area contributed by atoms with E-state index in [1.165, 1.54) is 120 Å². The molecular weight excluding hydrogens is 677 g/mol. The maximum absolute atomic E-state index is 2.55. The summed E-state index contributed by atoms with van der Waals surface area (Å²) in [5, 5.41) is 18.7. The second kappa shape index (κ2) is 10.7. The lowest BCUT2D eigenvalue weighted by Crippen LogP contribution is -2.16. The fraction of sp³-hybridized carbons (Fsp3) is 0.148. The maximum Gasteiger partial charge on any atom is 0.0547 e. The van der Waals surface area contributed by atoms with Gasteiger partial charge in [-0.1, -0.05) is 151 Å². The molecule has 0 amide bonds. The third-order valence-corrected chi connectivity index (χ3v) is 12.8. The van der Waals surface area contributed by atoms with Gasteiger partial charge in [-0.3, -0.25) is 0 Å². The number of fused-ring (bicyclic) bond motifs is 6. The van der Waals surface area contributed by atoms with E-state index >= 15 is 0 Å². The normalized spacial score (nSPS) is 13.2. The second-order valence-corrected chi connectivity index (χ2v) is 18.1. The standard InChI is InChI=1S/C54H42N2/c1-53(2,3)51-37-23-15-21-35-46(56-43-27-13-9-19-33(43)34-20-10-14-28-44(34)56)30-40-50(47(35)37)49-39(51)29-45(36-22-16-24-38(48(36)49)52(40)54(4,5)6)55-41-25-11-7-17-31(41)32-18-8-12-26-42(32)55/h7-30H,1-6H3. The van der Waals surface area contributed by atoms with Crippen LogP contribution >= 0.6 is 0 Å². The summed E-state index contributed by atoms with van der Waals surface area (Å²) in [6, 6.07) is 55.0. The molecule has 0 radical (unpaired) electrons. The Morgan fingerprint density at radius 3 is 0.893 bits per heavy atom. The van der Waals surface area contributed by atoms with Crippen molar-refractivity contribution in [3.8, 4) is 11.4 Å². The van der Waals surface area contributed by atoms with Crippen molar-refractivity contribution in [2.45, 2.75) is 52.4 Å². The molecule has 0 fully saturated rings. The largest absolute Gasteiger partial charge is 0.309 e. The summed E-state index contributed by atoms with van der Waals surface area (Å²) in [5.41, 5.74) is 9.99. The molecule has 0 unspecified atom stereocenters. The lowest BCUT2D eigenvalue weighted by Gasteiger charge is -2.32. The highest BCUT2D eigenvalue weighted by Gasteiger charge is 2.32. The smallest absolute Gasteiger partial charge is 0.0547 e. The van der Waals surface area contributed by atoms with Gasteiger partial charge in [0.15, 0.2) is 0 Å². The van der Waals surface area contributed by atoms with Crippen LogP contribution in [0, 0.1) is 0 Å². The van der Waals surface area contributed by atoms with E-state index in [2.05, 4.69) is 196 Å². The van der Waals surface area contributed by atoms with Gasteiger partial charge in [0.2, 0.25) is 0 Å². The van der Waals surface area contributed by atoms with Crippen LogP contribution in [0.3, 0.4) is 0 Å². The molecule has 0 aliphatic rings. The molecule has 56 heavy (non-hydrogen) atoms. The van der Waals surface area contributed by atoms with Crippen LogP contribution in [0.4, 0.5) is 0 Å². The molecule has 2 nitrogen and oxygen atoms in total. The fourth-order valence-corrected chi connectivity index (χ4v) is 10.9. The predicted molar refractivity (Wildman–Crippen MR) is 242 cm³/mol. The third-order valence-electron chi connectivity index (χ3n) is 12.8. The SMILES string of the molecule is CC(C)(C)c1c2cccc3c(-n4c5ccccc5c5ccccc54)cc4c(C(C)(C)C)c5cccc6c(-n7c8ccccc8c8ccccc87)cc1c(c65)c4c32. The molecule has 0 N–H and O–H groups in total. The van der Waals surface area contributed by atoms with E-state index in [0.29, 0.717) is 0 Å². The van der Waals surface area contributed by atoms with E-state index in [1.807, 2.05) is 0 Å². The first-order valence-electron chi connectivity index (χ1n) is 20.0. The van der Waals surface area contributed by atoms with Crippen LogP contribution in [-0.2, 0) is 10.8 Å². The van der Waals surface area contributed by atoms with E-state index in [-0.39, 0.29) is 10.8 Å². The molecule has 0 aliphatic carbocycles. The van der Waals surface area contributed by atoms with Crippen molar-refractivity contribution < 1.29 is 0 Å². The number of hydrogen-bond donors (Lipinski definition) is 0. The lowest BCUT2D eigenvalue weighted by atomic mass is 9.72. The summed E-state index contributed by atoms with van der Waals surface area (Å²) in [6.45, 7) is 14.4. The van der Waals surface area contributed by atoms with Crippen molar-refractivity contribution in [1.29, 1.82) is 0 Å². The molecule has 0 spiro atoms. The molecule has 2 aromatic heterocycles. The Morgan fingerprint density at radius 2 is 0.571 bits per heavy atom. The van der Waals surface area contributed by atoms with Crippen LogP contribution < -0.4 is 0 Å². The highest BCUT2D eigenvalue weighted by Crippen LogP contribution is 2.54. The number of aromatic nitrogens is 2. The molecule has 2 heterocycles. The number of nitrogens with zero attached hydrogens (tertiary/aromatic N) is 2. The van der Waals surface area contributed by atoms with Gasteiger partial charge in [-0.25, -0.2) is 0 Å². The van der Waals surface area contributed by atoms with E-state index in [4.69, 9.17) is 0 Å². The van der Waals surface area contributed by atoms with Crippen LogP contribution in [0.5, 0.6) is 0 Å². The molecule has 0 saturated carbocycles. The first kappa shape index (κ1) is 31.9. The average Bonchev–Trinajstić information content (AvgIpc) is 3.70. The Morgan fingerprint density at radius 1 is 0.286 bits per heavy atom. The summed E-state index contributed by atoms with van der Waals surface area (Å²) < 4.78 is 5.08. The van der Waals surface area contributed by atoms with Crippen molar-refractivity contribution in [2.75, 3.05) is 0 Å². The van der Waals surface area contributed by atoms with Crippen molar-refractivity contribution in [3.05, 3.63) is 157 Å². The molecule has 268 valence electrons. The maximum atomic E-state index is 2.55. The van der Waals surface area contributed by atoms with Crippen LogP contribution in [0.1, 0.15) is 52.7 Å². The van der Waals surface area contributed by atoms with Crippen molar-refractivity contribution in [3.63, 3.8) is 0 Å². The van der Waals surface area contributed by atoms with Gasteiger partial charge >= 0.3 is 0 Å². The Kier molecular flexibility index (Phi) is 6.09. The minimum atomic E-state index is -0.139. The second-order valence-electron chi connectivity index (χ2n) is 18.1. The third kappa shape index (κ3) is 3.96. The Balaban J connectivity index is 1.37. The molecular formula is C54H42N2. The van der Waals surface area contributed by atoms with Gasteiger partial charge in [-0.2, -0.15) is 0 Å². The fourth-order valence-electron chi connectivity index (χ4n) is 10.9. The summed E-state index contributed by atoms with van der Waals surface area (Å²) in [4.78, 5) is 0. The van der Waals surface area contributed by atoms with Crippen molar-refractivity contribution in [2.24, 2.45) is 0 Å². The van der Waals surface area contributed by atoms with Gasteiger partial charge in [0.05, 0.1) is 33.4 Å². The first-order valence-corrected chi connectivity index (χ1v) is 20.0.